The highest BCUT2D eigenvalue weighted by Gasteiger charge is 2.34. The molecule has 0 radical (unpaired) electrons. The van der Waals surface area contributed by atoms with Gasteiger partial charge < -0.3 is 15.1 Å². The lowest BCUT2D eigenvalue weighted by atomic mass is 9.83. The van der Waals surface area contributed by atoms with Crippen molar-refractivity contribution in [2.24, 2.45) is 11.8 Å². The van der Waals surface area contributed by atoms with Gasteiger partial charge in [0.1, 0.15) is 0 Å². The van der Waals surface area contributed by atoms with E-state index in [1.807, 2.05) is 32.0 Å². The molecule has 1 amide bonds. The highest BCUT2D eigenvalue weighted by Crippen LogP contribution is 2.26. The number of carbonyl (C=O) groups excluding carboxylic acids is 2. The minimum Gasteiger partial charge on any atom is -0.408 e. The van der Waals surface area contributed by atoms with Crippen molar-refractivity contribution in [3.05, 3.63) is 41.8 Å². The van der Waals surface area contributed by atoms with Crippen molar-refractivity contribution in [3.8, 4) is 0 Å². The Morgan fingerprint density at radius 1 is 1.16 bits per heavy atom. The summed E-state index contributed by atoms with van der Waals surface area (Å²) >= 11 is 1.29. The number of rotatable bonds is 10. The fraction of sp³-hybridized carbons (Fsp3) is 0.565. The van der Waals surface area contributed by atoms with Gasteiger partial charge in [-0.15, -0.1) is 10.2 Å². The second-order valence-corrected chi connectivity index (χ2v) is 9.25. The first-order valence-electron chi connectivity index (χ1n) is 11.0. The topological polar surface area (TPSA) is 97.1 Å². The molecule has 168 valence electrons. The SMILES string of the molecule is CSc1nnc(C(=O)[C@H](CC(C)C)NC(=O)[C@@H]2CCCC[C@@H]2NCc2ccccc2)o1. The molecule has 8 heteroatoms. The van der Waals surface area contributed by atoms with Crippen LogP contribution in [-0.2, 0) is 11.3 Å². The number of Topliss-reactive ketones (excluding diaryl/α,β-unsaturated/α-hetero) is 1. The molecule has 1 aromatic heterocycles. The van der Waals surface area contributed by atoms with E-state index >= 15 is 0 Å². The van der Waals surface area contributed by atoms with E-state index in [0.717, 1.165) is 32.2 Å². The van der Waals surface area contributed by atoms with Crippen LogP contribution in [0.2, 0.25) is 0 Å². The fourth-order valence-corrected chi connectivity index (χ4v) is 4.34. The van der Waals surface area contributed by atoms with Gasteiger partial charge in [0.05, 0.1) is 12.0 Å². The number of carbonyl (C=O) groups is 2. The zero-order chi connectivity index (χ0) is 22.2. The van der Waals surface area contributed by atoms with Gasteiger partial charge in [-0.25, -0.2) is 0 Å². The second-order valence-electron chi connectivity index (χ2n) is 8.50. The molecule has 31 heavy (non-hydrogen) atoms. The lowest BCUT2D eigenvalue weighted by molar-refractivity contribution is -0.127. The lowest BCUT2D eigenvalue weighted by Crippen LogP contribution is -2.50. The normalized spacial score (nSPS) is 19.9. The summed E-state index contributed by atoms with van der Waals surface area (Å²) in [5, 5.41) is 14.6. The Balaban J connectivity index is 1.67. The van der Waals surface area contributed by atoms with E-state index in [0.29, 0.717) is 11.6 Å². The Bertz CT molecular complexity index is 856. The third-order valence-corrected chi connectivity index (χ3v) is 6.16. The van der Waals surface area contributed by atoms with Crippen molar-refractivity contribution in [2.75, 3.05) is 6.26 Å². The standard InChI is InChI=1S/C23H32N4O3S/c1-15(2)13-19(20(28)22-26-27-23(30-22)31-3)25-21(29)17-11-7-8-12-18(17)24-14-16-9-5-4-6-10-16/h4-6,9-10,15,17-19,24H,7-8,11-14H2,1-3H3,(H,25,29)/t17-,18+,19+/m1/s1. The van der Waals surface area contributed by atoms with Crippen LogP contribution in [0.25, 0.3) is 0 Å². The van der Waals surface area contributed by atoms with Gasteiger partial charge >= 0.3 is 0 Å². The predicted octanol–water partition coefficient (Wildman–Crippen LogP) is 3.85. The second kappa shape index (κ2) is 11.4. The van der Waals surface area contributed by atoms with E-state index in [1.165, 1.54) is 17.3 Å². The number of aromatic nitrogens is 2. The first-order chi connectivity index (χ1) is 15.0. The first kappa shape index (κ1) is 23.5. The summed E-state index contributed by atoms with van der Waals surface area (Å²) in [6, 6.07) is 9.62. The highest BCUT2D eigenvalue weighted by molar-refractivity contribution is 7.98. The number of nitrogens with zero attached hydrogens (tertiary/aromatic N) is 2. The minimum atomic E-state index is -0.667. The molecule has 0 unspecified atom stereocenters. The van der Waals surface area contributed by atoms with Crippen LogP contribution in [0, 0.1) is 11.8 Å². The number of ketones is 1. The highest BCUT2D eigenvalue weighted by atomic mass is 32.2. The molecule has 1 saturated carbocycles. The summed E-state index contributed by atoms with van der Waals surface area (Å²) < 4.78 is 5.42. The molecule has 0 aliphatic heterocycles. The molecule has 0 bridgehead atoms. The largest absolute Gasteiger partial charge is 0.408 e. The molecule has 3 rings (SSSR count). The Morgan fingerprint density at radius 3 is 2.58 bits per heavy atom. The Labute approximate surface area is 188 Å². The van der Waals surface area contributed by atoms with Gasteiger partial charge in [-0.05, 0) is 37.0 Å². The van der Waals surface area contributed by atoms with E-state index in [2.05, 4.69) is 33.0 Å². The van der Waals surface area contributed by atoms with Crippen LogP contribution >= 0.6 is 11.8 Å². The summed E-state index contributed by atoms with van der Waals surface area (Å²) in [6.45, 7) is 4.78. The summed E-state index contributed by atoms with van der Waals surface area (Å²) in [7, 11) is 0. The van der Waals surface area contributed by atoms with Crippen molar-refractivity contribution < 1.29 is 14.0 Å². The minimum absolute atomic E-state index is 0.0438. The zero-order valence-corrected chi connectivity index (χ0v) is 19.3. The lowest BCUT2D eigenvalue weighted by Gasteiger charge is -2.32. The van der Waals surface area contributed by atoms with E-state index in [-0.39, 0.29) is 35.5 Å². The molecule has 7 nitrogen and oxygen atoms in total. The maximum Gasteiger partial charge on any atom is 0.286 e. The molecule has 3 atom stereocenters. The number of amides is 1. The smallest absolute Gasteiger partial charge is 0.286 e. The van der Waals surface area contributed by atoms with E-state index in [9.17, 15) is 9.59 Å². The average molecular weight is 445 g/mol. The van der Waals surface area contributed by atoms with Crippen LogP contribution in [0.4, 0.5) is 0 Å². The molecule has 2 aromatic rings. The van der Waals surface area contributed by atoms with Crippen molar-refractivity contribution in [3.63, 3.8) is 0 Å². The van der Waals surface area contributed by atoms with Crippen molar-refractivity contribution in [1.82, 2.24) is 20.8 Å². The van der Waals surface area contributed by atoms with Crippen LogP contribution in [0.5, 0.6) is 0 Å². The average Bonchev–Trinajstić information content (AvgIpc) is 3.26. The fourth-order valence-electron chi connectivity index (χ4n) is 4.06. The van der Waals surface area contributed by atoms with Crippen molar-refractivity contribution in [1.29, 1.82) is 0 Å². The number of nitrogens with one attached hydrogen (secondary N) is 2. The number of thioether (sulfide) groups is 1. The van der Waals surface area contributed by atoms with E-state index < -0.39 is 6.04 Å². The van der Waals surface area contributed by atoms with Gasteiger partial charge in [0.25, 0.3) is 11.1 Å². The van der Waals surface area contributed by atoms with Crippen LogP contribution in [0.15, 0.2) is 40.0 Å². The third kappa shape index (κ3) is 6.64. The Kier molecular flexibility index (Phi) is 8.66. The molecule has 1 heterocycles. The Hall–Kier alpha value is -2.19. The predicted molar refractivity (Wildman–Crippen MR) is 121 cm³/mol. The van der Waals surface area contributed by atoms with Crippen LogP contribution in [0.3, 0.4) is 0 Å². The van der Waals surface area contributed by atoms with Crippen LogP contribution in [0.1, 0.15) is 62.2 Å². The summed E-state index contributed by atoms with van der Waals surface area (Å²) in [5.74, 6) is -0.370. The quantitative estimate of drug-likeness (QED) is 0.424. The number of hydrogen-bond donors (Lipinski definition) is 2. The van der Waals surface area contributed by atoms with Gasteiger partial charge in [-0.3, -0.25) is 9.59 Å². The van der Waals surface area contributed by atoms with Crippen LogP contribution < -0.4 is 10.6 Å². The summed E-state index contributed by atoms with van der Waals surface area (Å²) in [6.07, 6.45) is 6.22. The molecule has 1 aliphatic carbocycles. The van der Waals surface area contributed by atoms with Crippen molar-refractivity contribution in [2.45, 2.75) is 69.8 Å². The number of hydrogen-bond acceptors (Lipinski definition) is 7. The van der Waals surface area contributed by atoms with Gasteiger partial charge in [0, 0.05) is 12.6 Å². The molecule has 1 aliphatic rings. The zero-order valence-electron chi connectivity index (χ0n) is 18.5. The molecule has 0 spiro atoms. The molecule has 1 aromatic carbocycles. The molecule has 0 saturated heterocycles. The van der Waals surface area contributed by atoms with Gasteiger partial charge in [-0.2, -0.15) is 0 Å². The maximum atomic E-state index is 13.2. The molecule has 2 N–H and O–H groups in total. The summed E-state index contributed by atoms with van der Waals surface area (Å²) in [5.41, 5.74) is 1.20. The van der Waals surface area contributed by atoms with Crippen molar-refractivity contribution >= 4 is 23.5 Å². The monoisotopic (exact) mass is 444 g/mol. The summed E-state index contributed by atoms with van der Waals surface area (Å²) in [4.78, 5) is 26.2. The molecular weight excluding hydrogens is 412 g/mol. The first-order valence-corrected chi connectivity index (χ1v) is 12.2. The Morgan fingerprint density at radius 2 is 1.90 bits per heavy atom. The third-order valence-electron chi connectivity index (χ3n) is 5.65. The van der Waals surface area contributed by atoms with Crippen LogP contribution in [-0.4, -0.2) is 40.2 Å². The molecular formula is C23H32N4O3S. The number of benzene rings is 1. The van der Waals surface area contributed by atoms with E-state index in [4.69, 9.17) is 4.42 Å². The van der Waals surface area contributed by atoms with E-state index in [1.54, 1.807) is 6.26 Å². The molecule has 1 fully saturated rings. The van der Waals surface area contributed by atoms with Gasteiger partial charge in [-0.1, -0.05) is 68.8 Å². The maximum absolute atomic E-state index is 13.2. The van der Waals surface area contributed by atoms with Gasteiger partial charge in [0.2, 0.25) is 11.7 Å². The van der Waals surface area contributed by atoms with Gasteiger partial charge in [0.15, 0.2) is 0 Å².